The van der Waals surface area contributed by atoms with Gasteiger partial charge in [0.2, 0.25) is 5.91 Å². The van der Waals surface area contributed by atoms with Crippen LogP contribution in [-0.4, -0.2) is 29.7 Å². The Labute approximate surface area is 97.6 Å². The van der Waals surface area contributed by atoms with Gasteiger partial charge < -0.3 is 16.2 Å². The van der Waals surface area contributed by atoms with E-state index >= 15 is 0 Å². The van der Waals surface area contributed by atoms with Crippen LogP contribution in [0.15, 0.2) is 0 Å². The number of aliphatic hydroxyl groups is 1. The second-order valence-electron chi connectivity index (χ2n) is 4.94. The Morgan fingerprint density at radius 1 is 1.44 bits per heavy atom. The number of carbonyl (C=O) groups is 1. The van der Waals surface area contributed by atoms with Crippen molar-refractivity contribution in [2.24, 2.45) is 11.1 Å². The smallest absolute Gasteiger partial charge is 0.228 e. The molecule has 0 saturated heterocycles. The molecule has 1 fully saturated rings. The van der Waals surface area contributed by atoms with Crippen molar-refractivity contribution in [3.63, 3.8) is 0 Å². The number of nitrogens with two attached hydrogens (primary N) is 1. The molecular formula is C12H24N2O2. The van der Waals surface area contributed by atoms with Gasteiger partial charge in [-0.15, -0.1) is 0 Å². The standard InChI is InChI=1S/C12H24N2O2/c1-3-12(4-2,9-15)14-10(16)11(8-13)6-5-7-11/h15H,3-9,13H2,1-2H3,(H,14,16). The van der Waals surface area contributed by atoms with E-state index in [1.54, 1.807) is 0 Å². The van der Waals surface area contributed by atoms with Crippen molar-refractivity contribution in [2.45, 2.75) is 51.5 Å². The summed E-state index contributed by atoms with van der Waals surface area (Å²) in [4.78, 5) is 12.2. The summed E-state index contributed by atoms with van der Waals surface area (Å²) in [6.07, 6.45) is 4.32. The van der Waals surface area contributed by atoms with Crippen LogP contribution >= 0.6 is 0 Å². The summed E-state index contributed by atoms with van der Waals surface area (Å²) >= 11 is 0. The first kappa shape index (κ1) is 13.5. The molecule has 4 heteroatoms. The highest BCUT2D eigenvalue weighted by atomic mass is 16.3. The third-order valence-electron chi connectivity index (χ3n) is 4.22. The summed E-state index contributed by atoms with van der Waals surface area (Å²) in [5.41, 5.74) is 4.87. The van der Waals surface area contributed by atoms with Crippen LogP contribution in [0.3, 0.4) is 0 Å². The van der Waals surface area contributed by atoms with E-state index in [1.165, 1.54) is 0 Å². The third kappa shape index (κ3) is 2.23. The summed E-state index contributed by atoms with van der Waals surface area (Å²) < 4.78 is 0. The fourth-order valence-electron chi connectivity index (χ4n) is 2.19. The summed E-state index contributed by atoms with van der Waals surface area (Å²) in [5.74, 6) is 0.0269. The molecule has 1 rings (SSSR count). The van der Waals surface area contributed by atoms with Crippen LogP contribution in [0, 0.1) is 5.41 Å². The van der Waals surface area contributed by atoms with Crippen molar-refractivity contribution in [3.05, 3.63) is 0 Å². The fraction of sp³-hybridized carbons (Fsp3) is 0.917. The Balaban J connectivity index is 2.68. The van der Waals surface area contributed by atoms with E-state index in [0.717, 1.165) is 32.1 Å². The largest absolute Gasteiger partial charge is 0.394 e. The van der Waals surface area contributed by atoms with Crippen molar-refractivity contribution < 1.29 is 9.90 Å². The van der Waals surface area contributed by atoms with E-state index in [4.69, 9.17) is 5.73 Å². The van der Waals surface area contributed by atoms with E-state index in [2.05, 4.69) is 5.32 Å². The molecule has 0 aromatic carbocycles. The van der Waals surface area contributed by atoms with Gasteiger partial charge >= 0.3 is 0 Å². The van der Waals surface area contributed by atoms with Gasteiger partial charge in [0.25, 0.3) is 0 Å². The van der Waals surface area contributed by atoms with Gasteiger partial charge in [-0.05, 0) is 25.7 Å². The number of aliphatic hydroxyl groups excluding tert-OH is 1. The third-order valence-corrected chi connectivity index (χ3v) is 4.22. The van der Waals surface area contributed by atoms with Gasteiger partial charge in [-0.3, -0.25) is 4.79 Å². The topological polar surface area (TPSA) is 75.3 Å². The van der Waals surface area contributed by atoms with Gasteiger partial charge in [0.15, 0.2) is 0 Å². The Morgan fingerprint density at radius 3 is 2.25 bits per heavy atom. The maximum Gasteiger partial charge on any atom is 0.228 e. The zero-order valence-electron chi connectivity index (χ0n) is 10.4. The van der Waals surface area contributed by atoms with Gasteiger partial charge in [0.1, 0.15) is 0 Å². The zero-order chi connectivity index (χ0) is 12.2. The minimum atomic E-state index is -0.463. The van der Waals surface area contributed by atoms with Gasteiger partial charge in [-0.2, -0.15) is 0 Å². The molecule has 0 atom stereocenters. The minimum absolute atomic E-state index is 0.00755. The predicted molar refractivity (Wildman–Crippen MR) is 63.9 cm³/mol. The number of nitrogens with one attached hydrogen (secondary N) is 1. The lowest BCUT2D eigenvalue weighted by Gasteiger charge is -2.42. The zero-order valence-corrected chi connectivity index (χ0v) is 10.4. The van der Waals surface area contributed by atoms with Crippen LogP contribution in [0.25, 0.3) is 0 Å². The Morgan fingerprint density at radius 2 is 2.00 bits per heavy atom. The molecule has 1 aliphatic carbocycles. The number of rotatable bonds is 6. The van der Waals surface area contributed by atoms with E-state index in [1.807, 2.05) is 13.8 Å². The normalized spacial score (nSPS) is 19.0. The molecule has 94 valence electrons. The first-order valence-electron chi connectivity index (χ1n) is 6.21. The van der Waals surface area contributed by atoms with E-state index in [0.29, 0.717) is 6.54 Å². The monoisotopic (exact) mass is 228 g/mol. The average Bonchev–Trinajstić information content (AvgIpc) is 2.25. The lowest BCUT2D eigenvalue weighted by atomic mass is 9.67. The van der Waals surface area contributed by atoms with Crippen molar-refractivity contribution in [2.75, 3.05) is 13.2 Å². The van der Waals surface area contributed by atoms with Gasteiger partial charge in [-0.25, -0.2) is 0 Å². The SMILES string of the molecule is CCC(CC)(CO)NC(=O)C1(CN)CCC1. The number of carbonyl (C=O) groups excluding carboxylic acids is 1. The minimum Gasteiger partial charge on any atom is -0.394 e. The molecule has 1 saturated carbocycles. The molecule has 0 spiro atoms. The summed E-state index contributed by atoms with van der Waals surface area (Å²) in [6, 6.07) is 0. The number of amides is 1. The van der Waals surface area contributed by atoms with Crippen molar-refractivity contribution in [1.82, 2.24) is 5.32 Å². The molecular weight excluding hydrogens is 204 g/mol. The van der Waals surface area contributed by atoms with Crippen molar-refractivity contribution in [1.29, 1.82) is 0 Å². The van der Waals surface area contributed by atoms with Crippen LogP contribution in [0.5, 0.6) is 0 Å². The molecule has 0 heterocycles. The lowest BCUT2D eigenvalue weighted by molar-refractivity contribution is -0.138. The van der Waals surface area contributed by atoms with Crippen molar-refractivity contribution >= 4 is 5.91 Å². The van der Waals surface area contributed by atoms with Crippen molar-refractivity contribution in [3.8, 4) is 0 Å². The molecule has 1 amide bonds. The first-order valence-corrected chi connectivity index (χ1v) is 6.21. The Hall–Kier alpha value is -0.610. The van der Waals surface area contributed by atoms with Crippen LogP contribution in [0.1, 0.15) is 46.0 Å². The quantitative estimate of drug-likeness (QED) is 0.629. The second-order valence-corrected chi connectivity index (χ2v) is 4.94. The van der Waals surface area contributed by atoms with Gasteiger partial charge in [-0.1, -0.05) is 20.3 Å². The molecule has 0 radical (unpaired) electrons. The predicted octanol–water partition coefficient (Wildman–Crippen LogP) is 0.783. The van der Waals surface area contributed by atoms with E-state index in [-0.39, 0.29) is 17.9 Å². The average molecular weight is 228 g/mol. The lowest BCUT2D eigenvalue weighted by Crippen LogP contribution is -2.58. The van der Waals surface area contributed by atoms with E-state index < -0.39 is 5.54 Å². The van der Waals surface area contributed by atoms with Crippen LogP contribution in [-0.2, 0) is 4.79 Å². The van der Waals surface area contributed by atoms with Gasteiger partial charge in [0, 0.05) is 6.54 Å². The molecule has 4 N–H and O–H groups in total. The number of hydrogen-bond acceptors (Lipinski definition) is 3. The summed E-state index contributed by atoms with van der Waals surface area (Å²) in [6.45, 7) is 4.37. The molecule has 0 aromatic rings. The number of hydrogen-bond donors (Lipinski definition) is 3. The Kier molecular flexibility index (Phi) is 4.33. The molecule has 4 nitrogen and oxygen atoms in total. The highest BCUT2D eigenvalue weighted by Crippen LogP contribution is 2.40. The molecule has 0 bridgehead atoms. The molecule has 1 aliphatic rings. The maximum atomic E-state index is 12.2. The molecule has 0 aliphatic heterocycles. The highest BCUT2D eigenvalue weighted by molar-refractivity contribution is 5.84. The first-order chi connectivity index (χ1) is 7.58. The molecule has 0 unspecified atom stereocenters. The van der Waals surface area contributed by atoms with Crippen LogP contribution in [0.4, 0.5) is 0 Å². The van der Waals surface area contributed by atoms with E-state index in [9.17, 15) is 9.90 Å². The Bertz CT molecular complexity index is 232. The second kappa shape index (κ2) is 5.15. The van der Waals surface area contributed by atoms with Crippen LogP contribution in [0.2, 0.25) is 0 Å². The van der Waals surface area contributed by atoms with Crippen LogP contribution < -0.4 is 11.1 Å². The maximum absolute atomic E-state index is 12.2. The summed E-state index contributed by atoms with van der Waals surface area (Å²) in [5, 5.41) is 12.4. The van der Waals surface area contributed by atoms with Gasteiger partial charge in [0.05, 0.1) is 17.6 Å². The highest BCUT2D eigenvalue weighted by Gasteiger charge is 2.45. The fourth-order valence-corrected chi connectivity index (χ4v) is 2.19. The molecule has 16 heavy (non-hydrogen) atoms. The molecule has 0 aromatic heterocycles. The summed E-state index contributed by atoms with van der Waals surface area (Å²) in [7, 11) is 0.